The third-order valence-corrected chi connectivity index (χ3v) is 6.93. The van der Waals surface area contributed by atoms with E-state index in [2.05, 4.69) is 12.2 Å². The maximum absolute atomic E-state index is 13.6. The van der Waals surface area contributed by atoms with Crippen molar-refractivity contribution >= 4 is 23.8 Å². The zero-order valence-corrected chi connectivity index (χ0v) is 20.7. The maximum Gasteiger partial charge on any atom is 0.408 e. The Balaban J connectivity index is 1.44. The van der Waals surface area contributed by atoms with Gasteiger partial charge in [0, 0.05) is 19.6 Å². The Morgan fingerprint density at radius 2 is 1.61 bits per heavy atom. The minimum Gasteiger partial charge on any atom is -0.445 e. The van der Waals surface area contributed by atoms with E-state index in [9.17, 15) is 19.2 Å². The van der Waals surface area contributed by atoms with Gasteiger partial charge in [0.1, 0.15) is 12.1 Å². The number of carbonyl (C=O) groups is 4. The summed E-state index contributed by atoms with van der Waals surface area (Å²) >= 11 is 0. The molecule has 2 heterocycles. The van der Waals surface area contributed by atoms with Crippen molar-refractivity contribution in [2.45, 2.75) is 57.6 Å². The molecule has 1 unspecified atom stereocenters. The number of amides is 4. The monoisotopic (exact) mass is 491 g/mol. The molecule has 1 fully saturated rings. The van der Waals surface area contributed by atoms with Crippen LogP contribution in [0.2, 0.25) is 0 Å². The van der Waals surface area contributed by atoms with Gasteiger partial charge in [-0.05, 0) is 49.8 Å². The first-order valence-electron chi connectivity index (χ1n) is 12.7. The van der Waals surface area contributed by atoms with E-state index in [1.165, 1.54) is 4.90 Å². The largest absolute Gasteiger partial charge is 0.445 e. The summed E-state index contributed by atoms with van der Waals surface area (Å²) < 4.78 is 5.44. The number of hydrogen-bond acceptors (Lipinski definition) is 5. The number of piperidine rings is 1. The predicted molar refractivity (Wildman–Crippen MR) is 134 cm³/mol. The quantitative estimate of drug-likeness (QED) is 0.504. The molecule has 8 heteroatoms. The molecule has 2 aromatic rings. The minimum atomic E-state index is -1.13. The van der Waals surface area contributed by atoms with Gasteiger partial charge in [0.15, 0.2) is 0 Å². The van der Waals surface area contributed by atoms with Crippen LogP contribution in [0.15, 0.2) is 54.6 Å². The average Bonchev–Trinajstić information content (AvgIpc) is 3.14. The van der Waals surface area contributed by atoms with Gasteiger partial charge in [-0.3, -0.25) is 19.3 Å². The van der Waals surface area contributed by atoms with Crippen LogP contribution in [-0.4, -0.2) is 58.8 Å². The summed E-state index contributed by atoms with van der Waals surface area (Å²) in [6.45, 7) is 3.64. The normalized spacial score (nSPS) is 19.4. The number of unbranched alkanes of at least 4 members (excludes halogenated alkanes) is 1. The van der Waals surface area contributed by atoms with Crippen molar-refractivity contribution in [3.63, 3.8) is 0 Å². The average molecular weight is 492 g/mol. The van der Waals surface area contributed by atoms with Crippen molar-refractivity contribution in [2.24, 2.45) is 0 Å². The molecule has 8 nitrogen and oxygen atoms in total. The van der Waals surface area contributed by atoms with Gasteiger partial charge in [-0.25, -0.2) is 4.79 Å². The predicted octanol–water partition coefficient (Wildman–Crippen LogP) is 4.15. The molecular weight excluding hydrogens is 458 g/mol. The Bertz CT molecular complexity index is 1080. The Morgan fingerprint density at radius 3 is 2.28 bits per heavy atom. The summed E-state index contributed by atoms with van der Waals surface area (Å²) in [6, 6.07) is 16.1. The highest BCUT2D eigenvalue weighted by Gasteiger charge is 2.45. The third kappa shape index (κ3) is 5.42. The van der Waals surface area contributed by atoms with Gasteiger partial charge in [0.05, 0.1) is 11.1 Å². The van der Waals surface area contributed by atoms with Crippen LogP contribution in [0.3, 0.4) is 0 Å². The molecule has 2 aromatic carbocycles. The Hall–Kier alpha value is -3.68. The number of fused-ring (bicyclic) bond motifs is 1. The second-order valence-corrected chi connectivity index (χ2v) is 9.43. The zero-order chi connectivity index (χ0) is 25.5. The van der Waals surface area contributed by atoms with E-state index < -0.39 is 11.6 Å². The summed E-state index contributed by atoms with van der Waals surface area (Å²) in [4.78, 5) is 54.9. The first-order valence-corrected chi connectivity index (χ1v) is 12.7. The molecule has 190 valence electrons. The molecule has 2 aliphatic heterocycles. The summed E-state index contributed by atoms with van der Waals surface area (Å²) in [7, 11) is 0. The van der Waals surface area contributed by atoms with Gasteiger partial charge >= 0.3 is 6.09 Å². The van der Waals surface area contributed by atoms with E-state index in [1.807, 2.05) is 35.2 Å². The van der Waals surface area contributed by atoms with E-state index >= 15 is 0 Å². The van der Waals surface area contributed by atoms with E-state index in [4.69, 9.17) is 4.74 Å². The van der Waals surface area contributed by atoms with E-state index in [-0.39, 0.29) is 30.9 Å². The van der Waals surface area contributed by atoms with Gasteiger partial charge in [0.25, 0.3) is 11.8 Å². The van der Waals surface area contributed by atoms with Crippen LogP contribution in [0.1, 0.15) is 71.7 Å². The van der Waals surface area contributed by atoms with Gasteiger partial charge < -0.3 is 15.0 Å². The fourth-order valence-electron chi connectivity index (χ4n) is 4.99. The number of alkyl carbamates (subject to hydrolysis) is 1. The number of nitrogens with one attached hydrogen (secondary N) is 1. The second-order valence-electron chi connectivity index (χ2n) is 9.43. The van der Waals surface area contributed by atoms with E-state index in [0.29, 0.717) is 43.5 Å². The van der Waals surface area contributed by atoms with Crippen LogP contribution in [0.4, 0.5) is 4.79 Å². The molecular formula is C28H33N3O5. The fourth-order valence-corrected chi connectivity index (χ4v) is 4.99. The third-order valence-electron chi connectivity index (χ3n) is 6.93. The van der Waals surface area contributed by atoms with Crippen molar-refractivity contribution in [1.82, 2.24) is 15.1 Å². The molecule has 0 spiro atoms. The molecule has 0 saturated carbocycles. The van der Waals surface area contributed by atoms with Crippen LogP contribution in [-0.2, 0) is 16.1 Å². The molecule has 2 aliphatic rings. The van der Waals surface area contributed by atoms with Crippen LogP contribution >= 0.6 is 0 Å². The fraction of sp³-hybridized carbons (Fsp3) is 0.429. The lowest BCUT2D eigenvalue weighted by Gasteiger charge is -2.42. The number of likely N-dealkylation sites (tertiary alicyclic amines) is 1. The second kappa shape index (κ2) is 11.4. The standard InChI is InChI=1S/C28H33N3O5/c1-2-3-17-30-18-9-15-28(26(30)34,29-27(35)36-20-21-11-5-4-6-12-21)16-10-19-31-24(32)22-13-7-8-14-23(22)25(31)33/h4-8,11-14H,2-3,9-10,15-20H2,1H3,(H,29,35). The number of carbonyl (C=O) groups excluding carboxylic acids is 4. The number of rotatable bonds is 10. The van der Waals surface area contributed by atoms with Gasteiger partial charge in [0.2, 0.25) is 5.91 Å². The van der Waals surface area contributed by atoms with Crippen molar-refractivity contribution in [1.29, 1.82) is 0 Å². The zero-order valence-electron chi connectivity index (χ0n) is 20.7. The number of hydrogen-bond donors (Lipinski definition) is 1. The molecule has 36 heavy (non-hydrogen) atoms. The number of benzene rings is 2. The Labute approximate surface area is 211 Å². The van der Waals surface area contributed by atoms with Crippen LogP contribution in [0.5, 0.6) is 0 Å². The molecule has 4 rings (SSSR count). The maximum atomic E-state index is 13.6. The molecule has 1 saturated heterocycles. The lowest BCUT2D eigenvalue weighted by Crippen LogP contribution is -2.63. The van der Waals surface area contributed by atoms with Crippen molar-refractivity contribution < 1.29 is 23.9 Å². The molecule has 4 amide bonds. The summed E-state index contributed by atoms with van der Waals surface area (Å²) in [5, 5.41) is 2.88. The van der Waals surface area contributed by atoms with Crippen LogP contribution < -0.4 is 5.32 Å². The Morgan fingerprint density at radius 1 is 0.944 bits per heavy atom. The molecule has 0 aromatic heterocycles. The van der Waals surface area contributed by atoms with Crippen molar-refractivity contribution in [3.05, 3.63) is 71.3 Å². The molecule has 0 aliphatic carbocycles. The smallest absolute Gasteiger partial charge is 0.408 e. The van der Waals surface area contributed by atoms with Crippen LogP contribution in [0, 0.1) is 0 Å². The highest BCUT2D eigenvalue weighted by atomic mass is 16.5. The van der Waals surface area contributed by atoms with Gasteiger partial charge in [-0.1, -0.05) is 55.8 Å². The highest BCUT2D eigenvalue weighted by Crippen LogP contribution is 2.30. The Kier molecular flexibility index (Phi) is 8.03. The lowest BCUT2D eigenvalue weighted by atomic mass is 9.83. The highest BCUT2D eigenvalue weighted by molar-refractivity contribution is 6.21. The summed E-state index contributed by atoms with van der Waals surface area (Å²) in [5.41, 5.74) is 0.531. The number of ether oxygens (including phenoxy) is 1. The number of nitrogens with zero attached hydrogens (tertiary/aromatic N) is 2. The molecule has 1 atom stereocenters. The van der Waals surface area contributed by atoms with Gasteiger partial charge in [-0.15, -0.1) is 0 Å². The van der Waals surface area contributed by atoms with Crippen LogP contribution in [0.25, 0.3) is 0 Å². The van der Waals surface area contributed by atoms with E-state index in [1.54, 1.807) is 24.3 Å². The van der Waals surface area contributed by atoms with Crippen molar-refractivity contribution in [2.75, 3.05) is 19.6 Å². The SMILES string of the molecule is CCCCN1CCCC(CCCN2C(=O)c3ccccc3C2=O)(NC(=O)OCc2ccccc2)C1=O. The summed E-state index contributed by atoms with van der Waals surface area (Å²) in [6.07, 6.45) is 3.13. The summed E-state index contributed by atoms with van der Waals surface area (Å²) in [5.74, 6) is -0.764. The molecule has 1 N–H and O–H groups in total. The molecule has 0 radical (unpaired) electrons. The van der Waals surface area contributed by atoms with Gasteiger partial charge in [-0.2, -0.15) is 0 Å². The minimum absolute atomic E-state index is 0.103. The van der Waals surface area contributed by atoms with E-state index in [0.717, 1.165) is 24.8 Å². The van der Waals surface area contributed by atoms with Crippen molar-refractivity contribution in [3.8, 4) is 0 Å². The first kappa shape index (κ1) is 25.4. The topological polar surface area (TPSA) is 96.0 Å². The first-order chi connectivity index (χ1) is 17.4. The lowest BCUT2D eigenvalue weighted by molar-refractivity contribution is -0.142. The number of imide groups is 1. The molecule has 0 bridgehead atoms.